The molecule has 2 aromatic heterocycles. The van der Waals surface area contributed by atoms with Crippen molar-refractivity contribution in [3.8, 4) is 22.4 Å². The van der Waals surface area contributed by atoms with Crippen LogP contribution in [-0.4, -0.2) is 21.3 Å². The number of nitrogens with zero attached hydrogens (tertiary/aromatic N) is 3. The lowest BCUT2D eigenvalue weighted by molar-refractivity contribution is 0.477. The highest BCUT2D eigenvalue weighted by Gasteiger charge is 2.23. The van der Waals surface area contributed by atoms with Gasteiger partial charge in [0.15, 0.2) is 0 Å². The summed E-state index contributed by atoms with van der Waals surface area (Å²) < 4.78 is 16.5. The van der Waals surface area contributed by atoms with Crippen LogP contribution in [0.1, 0.15) is 11.3 Å². The molecule has 23 heavy (non-hydrogen) atoms. The number of pyridine rings is 1. The number of benzene rings is 1. The molecular formula is C18H17FN4. The molecule has 4 rings (SSSR count). The molecule has 0 saturated carbocycles. The number of fused-ring (bicyclic) bond motifs is 1. The molecule has 1 aliphatic heterocycles. The number of aromatic nitrogens is 3. The van der Waals surface area contributed by atoms with Gasteiger partial charge < -0.3 is 5.32 Å². The molecule has 0 radical (unpaired) electrons. The number of hydrogen-bond donors (Lipinski definition) is 1. The average Bonchev–Trinajstić information content (AvgIpc) is 2.94. The summed E-state index contributed by atoms with van der Waals surface area (Å²) in [5.41, 5.74) is 5.25. The fourth-order valence-electron chi connectivity index (χ4n) is 3.08. The minimum Gasteiger partial charge on any atom is -0.309 e. The van der Waals surface area contributed by atoms with Crippen molar-refractivity contribution in [3.63, 3.8) is 0 Å². The second-order valence-corrected chi connectivity index (χ2v) is 5.79. The summed E-state index contributed by atoms with van der Waals surface area (Å²) in [7, 11) is 0. The fraction of sp³-hybridized carbons (Fsp3) is 0.222. The van der Waals surface area contributed by atoms with Crippen LogP contribution in [0.25, 0.3) is 22.4 Å². The quantitative estimate of drug-likeness (QED) is 0.791. The van der Waals surface area contributed by atoms with E-state index < -0.39 is 0 Å². The number of nitrogens with one attached hydrogen (secondary N) is 1. The van der Waals surface area contributed by atoms with Gasteiger partial charge in [0.1, 0.15) is 11.5 Å². The van der Waals surface area contributed by atoms with Crippen molar-refractivity contribution in [1.29, 1.82) is 0 Å². The molecule has 0 unspecified atom stereocenters. The van der Waals surface area contributed by atoms with Gasteiger partial charge in [0, 0.05) is 36.6 Å². The molecule has 0 saturated heterocycles. The van der Waals surface area contributed by atoms with Gasteiger partial charge in [-0.2, -0.15) is 5.10 Å². The van der Waals surface area contributed by atoms with E-state index >= 15 is 0 Å². The van der Waals surface area contributed by atoms with E-state index in [1.807, 2.05) is 35.9 Å². The molecular weight excluding hydrogens is 291 g/mol. The molecule has 5 heteroatoms. The second kappa shape index (κ2) is 5.59. The number of rotatable bonds is 2. The summed E-state index contributed by atoms with van der Waals surface area (Å²) in [6.45, 7) is 4.29. The number of halogens is 1. The Labute approximate surface area is 134 Å². The Morgan fingerprint density at radius 2 is 2.00 bits per heavy atom. The first-order valence-electron chi connectivity index (χ1n) is 7.71. The molecule has 1 N–H and O–H groups in total. The molecule has 1 aliphatic rings. The maximum Gasteiger partial charge on any atom is 0.132 e. The highest BCUT2D eigenvalue weighted by molar-refractivity contribution is 5.83. The van der Waals surface area contributed by atoms with E-state index in [2.05, 4.69) is 10.3 Å². The summed E-state index contributed by atoms with van der Waals surface area (Å²) in [6.07, 6.45) is 3.51. The fourth-order valence-corrected chi connectivity index (χ4v) is 3.08. The average molecular weight is 308 g/mol. The van der Waals surface area contributed by atoms with E-state index in [0.29, 0.717) is 11.3 Å². The maximum absolute atomic E-state index is 14.5. The molecule has 4 nitrogen and oxygen atoms in total. The van der Waals surface area contributed by atoms with Gasteiger partial charge in [0.25, 0.3) is 0 Å². The number of aryl methyl sites for hydroxylation is 1. The molecule has 0 aliphatic carbocycles. The molecule has 0 atom stereocenters. The summed E-state index contributed by atoms with van der Waals surface area (Å²) >= 11 is 0. The van der Waals surface area contributed by atoms with Gasteiger partial charge in [-0.25, -0.2) is 4.39 Å². The Morgan fingerprint density at radius 1 is 1.17 bits per heavy atom. The van der Waals surface area contributed by atoms with Crippen molar-refractivity contribution in [3.05, 3.63) is 59.8 Å². The maximum atomic E-state index is 14.5. The van der Waals surface area contributed by atoms with Crippen LogP contribution >= 0.6 is 0 Å². The van der Waals surface area contributed by atoms with E-state index in [9.17, 15) is 4.39 Å². The van der Waals surface area contributed by atoms with Crippen LogP contribution in [0.5, 0.6) is 0 Å². The lowest BCUT2D eigenvalue weighted by atomic mass is 9.98. The van der Waals surface area contributed by atoms with Gasteiger partial charge in [0.05, 0.1) is 12.2 Å². The van der Waals surface area contributed by atoms with Crippen LogP contribution in [0.15, 0.2) is 42.7 Å². The Balaban J connectivity index is 1.98. The first-order valence-corrected chi connectivity index (χ1v) is 7.71. The van der Waals surface area contributed by atoms with Crippen LogP contribution < -0.4 is 5.32 Å². The summed E-state index contributed by atoms with van der Waals surface area (Å²) in [5, 5.41) is 8.07. The SMILES string of the molecule is Cc1ccc(-c2nn3c(c2-c2ccncc2)CNCC3)c(F)c1. The first-order chi connectivity index (χ1) is 11.2. The largest absolute Gasteiger partial charge is 0.309 e. The van der Waals surface area contributed by atoms with Gasteiger partial charge in [-0.1, -0.05) is 6.07 Å². The zero-order chi connectivity index (χ0) is 15.8. The van der Waals surface area contributed by atoms with Crippen LogP contribution in [0.3, 0.4) is 0 Å². The lowest BCUT2D eigenvalue weighted by Gasteiger charge is -2.16. The van der Waals surface area contributed by atoms with Crippen molar-refractivity contribution in [2.45, 2.75) is 20.0 Å². The highest BCUT2D eigenvalue weighted by Crippen LogP contribution is 2.36. The minimum absolute atomic E-state index is 0.233. The van der Waals surface area contributed by atoms with Crippen LogP contribution in [0.2, 0.25) is 0 Å². The highest BCUT2D eigenvalue weighted by atomic mass is 19.1. The standard InChI is InChI=1S/C18H17FN4/c1-12-2-3-14(15(19)10-12)18-17(13-4-6-20-7-5-13)16-11-21-8-9-23(16)22-18/h2-7,10,21H,8-9,11H2,1H3. The van der Waals surface area contributed by atoms with Crippen molar-refractivity contribution in [2.24, 2.45) is 0 Å². The van der Waals surface area contributed by atoms with Gasteiger partial charge in [-0.15, -0.1) is 0 Å². The Hall–Kier alpha value is -2.53. The van der Waals surface area contributed by atoms with E-state index in [-0.39, 0.29) is 5.82 Å². The predicted molar refractivity (Wildman–Crippen MR) is 87.3 cm³/mol. The molecule has 0 spiro atoms. The van der Waals surface area contributed by atoms with Crippen molar-refractivity contribution in [1.82, 2.24) is 20.1 Å². The van der Waals surface area contributed by atoms with Crippen LogP contribution in [-0.2, 0) is 13.1 Å². The topological polar surface area (TPSA) is 42.7 Å². The Morgan fingerprint density at radius 3 is 2.78 bits per heavy atom. The van der Waals surface area contributed by atoms with Crippen molar-refractivity contribution >= 4 is 0 Å². The third-order valence-corrected chi connectivity index (χ3v) is 4.20. The first kappa shape index (κ1) is 14.1. The third kappa shape index (κ3) is 2.43. The van der Waals surface area contributed by atoms with Crippen molar-refractivity contribution in [2.75, 3.05) is 6.54 Å². The van der Waals surface area contributed by atoms with Crippen molar-refractivity contribution < 1.29 is 4.39 Å². The zero-order valence-electron chi connectivity index (χ0n) is 12.9. The van der Waals surface area contributed by atoms with E-state index in [1.54, 1.807) is 18.5 Å². The Bertz CT molecular complexity index is 855. The van der Waals surface area contributed by atoms with Crippen LogP contribution in [0.4, 0.5) is 4.39 Å². The summed E-state index contributed by atoms with van der Waals surface area (Å²) in [5.74, 6) is -0.233. The molecule has 0 amide bonds. The lowest BCUT2D eigenvalue weighted by Crippen LogP contribution is -2.28. The normalized spacial score (nSPS) is 13.8. The minimum atomic E-state index is -0.233. The van der Waals surface area contributed by atoms with Gasteiger partial charge in [-0.3, -0.25) is 9.67 Å². The molecule has 3 heterocycles. The Kier molecular flexibility index (Phi) is 3.42. The molecule has 116 valence electrons. The smallest absolute Gasteiger partial charge is 0.132 e. The van der Waals surface area contributed by atoms with E-state index in [1.165, 1.54) is 0 Å². The van der Waals surface area contributed by atoms with Crippen LogP contribution in [0, 0.1) is 12.7 Å². The van der Waals surface area contributed by atoms with E-state index in [4.69, 9.17) is 5.10 Å². The predicted octanol–water partition coefficient (Wildman–Crippen LogP) is 3.16. The van der Waals surface area contributed by atoms with E-state index in [0.717, 1.165) is 42.0 Å². The molecule has 0 bridgehead atoms. The van der Waals surface area contributed by atoms with Gasteiger partial charge in [-0.05, 0) is 42.3 Å². The second-order valence-electron chi connectivity index (χ2n) is 5.79. The molecule has 0 fully saturated rings. The number of hydrogen-bond acceptors (Lipinski definition) is 3. The summed E-state index contributed by atoms with van der Waals surface area (Å²) in [4.78, 5) is 4.08. The third-order valence-electron chi connectivity index (χ3n) is 4.20. The van der Waals surface area contributed by atoms with Gasteiger partial charge in [0.2, 0.25) is 0 Å². The van der Waals surface area contributed by atoms with Gasteiger partial charge >= 0.3 is 0 Å². The molecule has 3 aromatic rings. The monoisotopic (exact) mass is 308 g/mol. The summed E-state index contributed by atoms with van der Waals surface area (Å²) in [6, 6.07) is 9.19. The molecule has 1 aromatic carbocycles. The zero-order valence-corrected chi connectivity index (χ0v) is 12.9.